The van der Waals surface area contributed by atoms with Gasteiger partial charge in [-0.25, -0.2) is 4.98 Å². The summed E-state index contributed by atoms with van der Waals surface area (Å²) in [5.41, 5.74) is -0.368. The zero-order valence-corrected chi connectivity index (χ0v) is 20.6. The van der Waals surface area contributed by atoms with E-state index in [-0.39, 0.29) is 18.1 Å². The van der Waals surface area contributed by atoms with Crippen molar-refractivity contribution in [1.29, 1.82) is 0 Å². The predicted octanol–water partition coefficient (Wildman–Crippen LogP) is 4.49. The van der Waals surface area contributed by atoms with Gasteiger partial charge < -0.3 is 14.9 Å². The fraction of sp³-hybridized carbons (Fsp3) is 0.640. The Morgan fingerprint density at radius 1 is 1.22 bits per heavy atom. The van der Waals surface area contributed by atoms with Crippen LogP contribution in [0.1, 0.15) is 70.5 Å². The molecule has 2 N–H and O–H groups in total. The molecule has 1 aromatic rings. The van der Waals surface area contributed by atoms with Crippen molar-refractivity contribution >= 4 is 29.2 Å². The molecule has 5 atom stereocenters. The van der Waals surface area contributed by atoms with Crippen LogP contribution in [0.5, 0.6) is 0 Å². The lowest BCUT2D eigenvalue weighted by Gasteiger charge is -2.34. The van der Waals surface area contributed by atoms with E-state index in [1.165, 1.54) is 0 Å². The number of carbonyl (C=O) groups is 2. The number of nitrogens with zero attached hydrogens (tertiary/aromatic N) is 1. The third-order valence-corrected chi connectivity index (χ3v) is 7.10. The van der Waals surface area contributed by atoms with Crippen LogP contribution in [-0.4, -0.2) is 45.3 Å². The number of hydrogen-bond donors (Lipinski definition) is 2. The first-order valence-corrected chi connectivity index (χ1v) is 12.3. The van der Waals surface area contributed by atoms with Gasteiger partial charge in [0.15, 0.2) is 0 Å². The van der Waals surface area contributed by atoms with Crippen LogP contribution in [-0.2, 0) is 14.3 Å². The van der Waals surface area contributed by atoms with Crippen LogP contribution >= 0.6 is 11.3 Å². The Balaban J connectivity index is 2.21. The van der Waals surface area contributed by atoms with Gasteiger partial charge in [-0.2, -0.15) is 0 Å². The second-order valence-corrected chi connectivity index (χ2v) is 10.4. The minimum atomic E-state index is -1.21. The highest BCUT2D eigenvalue weighted by Gasteiger charge is 2.42. The van der Waals surface area contributed by atoms with Crippen molar-refractivity contribution in [3.63, 3.8) is 0 Å². The number of cyclic esters (lactones) is 1. The summed E-state index contributed by atoms with van der Waals surface area (Å²) >= 11 is 1.55. The summed E-state index contributed by atoms with van der Waals surface area (Å²) in [4.78, 5) is 30.0. The van der Waals surface area contributed by atoms with E-state index in [9.17, 15) is 19.8 Å². The van der Waals surface area contributed by atoms with Crippen molar-refractivity contribution in [2.45, 2.75) is 85.0 Å². The van der Waals surface area contributed by atoms with E-state index in [4.69, 9.17) is 4.74 Å². The van der Waals surface area contributed by atoms with Crippen LogP contribution in [0.4, 0.5) is 0 Å². The summed E-state index contributed by atoms with van der Waals surface area (Å²) < 4.78 is 5.62. The molecule has 1 aliphatic heterocycles. The molecular weight excluding hydrogens is 426 g/mol. The monoisotopic (exact) mass is 463 g/mol. The fourth-order valence-electron chi connectivity index (χ4n) is 3.93. The fourth-order valence-corrected chi connectivity index (χ4v) is 4.51. The molecule has 1 aliphatic rings. The molecule has 0 amide bonds. The second-order valence-electron chi connectivity index (χ2n) is 9.38. The van der Waals surface area contributed by atoms with Gasteiger partial charge in [0.1, 0.15) is 11.9 Å². The van der Waals surface area contributed by atoms with Crippen molar-refractivity contribution in [3.8, 4) is 0 Å². The number of hydrogen-bond acceptors (Lipinski definition) is 7. The van der Waals surface area contributed by atoms with Gasteiger partial charge in [-0.15, -0.1) is 11.3 Å². The maximum atomic E-state index is 13.1. The van der Waals surface area contributed by atoms with Gasteiger partial charge in [0.2, 0.25) is 0 Å². The topological polar surface area (TPSA) is 96.7 Å². The smallest absolute Gasteiger partial charge is 0.309 e. The highest BCUT2D eigenvalue weighted by Crippen LogP contribution is 2.32. The molecule has 0 aromatic carbocycles. The number of carbonyl (C=O) groups excluding carboxylic acids is 2. The molecule has 7 heteroatoms. The molecule has 0 saturated carbocycles. The lowest BCUT2D eigenvalue weighted by molar-refractivity contribution is -0.153. The number of ether oxygens (including phenoxy) is 1. The Bertz CT molecular complexity index is 828. The Labute approximate surface area is 195 Å². The van der Waals surface area contributed by atoms with Crippen LogP contribution in [0, 0.1) is 24.2 Å². The Kier molecular flexibility index (Phi) is 9.80. The van der Waals surface area contributed by atoms with Crippen LogP contribution < -0.4 is 0 Å². The maximum Gasteiger partial charge on any atom is 0.309 e. The van der Waals surface area contributed by atoms with E-state index in [0.717, 1.165) is 30.0 Å². The molecule has 0 saturated heterocycles. The molecule has 0 spiro atoms. The van der Waals surface area contributed by atoms with Crippen LogP contribution in [0.15, 0.2) is 23.6 Å². The number of thiazole rings is 1. The normalized spacial score (nSPS) is 32.0. The molecule has 0 radical (unpaired) electrons. The van der Waals surface area contributed by atoms with Crippen molar-refractivity contribution in [2.24, 2.45) is 17.3 Å². The van der Waals surface area contributed by atoms with Gasteiger partial charge >= 0.3 is 5.97 Å². The number of ketones is 1. The number of aryl methyl sites for hydroxylation is 1. The summed E-state index contributed by atoms with van der Waals surface area (Å²) in [5, 5.41) is 24.3. The summed E-state index contributed by atoms with van der Waals surface area (Å²) in [6.07, 6.45) is 7.97. The Morgan fingerprint density at radius 3 is 2.59 bits per heavy atom. The first-order valence-electron chi connectivity index (χ1n) is 11.4. The van der Waals surface area contributed by atoms with Gasteiger partial charge in [-0.3, -0.25) is 9.59 Å². The summed E-state index contributed by atoms with van der Waals surface area (Å²) in [6.45, 7) is 8.82. The number of aromatic nitrogens is 1. The number of esters is 1. The first kappa shape index (κ1) is 26.4. The first-order chi connectivity index (χ1) is 15.0. The molecule has 0 bridgehead atoms. The predicted molar refractivity (Wildman–Crippen MR) is 127 cm³/mol. The molecule has 1 aromatic heterocycles. The third kappa shape index (κ3) is 7.36. The summed E-state index contributed by atoms with van der Waals surface area (Å²) in [7, 11) is 0. The third-order valence-electron chi connectivity index (χ3n) is 6.30. The molecule has 0 aliphatic carbocycles. The molecule has 2 rings (SSSR count). The molecular formula is C25H37NO5S. The zero-order chi connectivity index (χ0) is 23.9. The van der Waals surface area contributed by atoms with E-state index in [1.54, 1.807) is 32.1 Å². The quantitative estimate of drug-likeness (QED) is 0.496. The molecule has 178 valence electrons. The molecule has 6 nitrogen and oxygen atoms in total. The van der Waals surface area contributed by atoms with Crippen LogP contribution in [0.25, 0.3) is 6.08 Å². The number of allylic oxidation sites excluding steroid dienone is 1. The van der Waals surface area contributed by atoms with Crippen molar-refractivity contribution in [2.75, 3.05) is 0 Å². The highest BCUT2D eigenvalue weighted by molar-refractivity contribution is 7.09. The summed E-state index contributed by atoms with van der Waals surface area (Å²) in [5.74, 6) is -1.49. The average Bonchev–Trinajstić information content (AvgIpc) is 3.16. The second kappa shape index (κ2) is 11.9. The largest absolute Gasteiger partial charge is 0.458 e. The molecule has 32 heavy (non-hydrogen) atoms. The van der Waals surface area contributed by atoms with Gasteiger partial charge in [-0.1, -0.05) is 39.8 Å². The average molecular weight is 464 g/mol. The highest BCUT2D eigenvalue weighted by atomic mass is 32.1. The lowest BCUT2D eigenvalue weighted by atomic mass is 9.73. The Hall–Kier alpha value is -1.83. The minimum Gasteiger partial charge on any atom is -0.458 e. The standard InChI is InChI=1S/C25H37NO5S/c1-16-10-8-6-7-9-11-20(13-12-19-15-32-18(3)26-19)31-22(28)14-21(27)25(4,5)24(30)17(2)23(16)29/h7,9,12-13,15-17,20-21,23,27,29H,6,8,10-11,14H2,1-5H3/b9-7-,13-12+/t16-,17-,20+,21+,23+/m1/s1. The number of rotatable bonds is 2. The minimum absolute atomic E-state index is 0.0367. The van der Waals surface area contributed by atoms with Crippen LogP contribution in [0.3, 0.4) is 0 Å². The molecule has 0 fully saturated rings. The van der Waals surface area contributed by atoms with Gasteiger partial charge in [-0.05, 0) is 44.3 Å². The van der Waals surface area contributed by atoms with Gasteiger partial charge in [0, 0.05) is 17.7 Å². The maximum absolute atomic E-state index is 13.1. The summed E-state index contributed by atoms with van der Waals surface area (Å²) in [6, 6.07) is 0. The lowest BCUT2D eigenvalue weighted by Crippen LogP contribution is -2.45. The van der Waals surface area contributed by atoms with E-state index in [1.807, 2.05) is 37.5 Å². The molecule has 2 heterocycles. The SMILES string of the molecule is Cc1nc(/C=C/[C@@H]2C/C=C\CCC[C@@H](C)[C@H](O)[C@@H](C)C(=O)C(C)(C)[C@@H](O)CC(=O)O2)cs1. The van der Waals surface area contributed by atoms with E-state index < -0.39 is 35.6 Å². The van der Waals surface area contributed by atoms with E-state index in [0.29, 0.717) is 6.42 Å². The number of Topliss-reactive ketones (excluding diaryl/α,β-unsaturated/α-hetero) is 1. The van der Waals surface area contributed by atoms with Crippen molar-refractivity contribution < 1.29 is 24.5 Å². The van der Waals surface area contributed by atoms with Gasteiger partial charge in [0.25, 0.3) is 0 Å². The molecule has 0 unspecified atom stereocenters. The van der Waals surface area contributed by atoms with E-state index >= 15 is 0 Å². The van der Waals surface area contributed by atoms with Crippen LogP contribution in [0.2, 0.25) is 0 Å². The Morgan fingerprint density at radius 2 is 1.94 bits per heavy atom. The zero-order valence-electron chi connectivity index (χ0n) is 19.8. The number of aliphatic hydroxyl groups is 2. The van der Waals surface area contributed by atoms with E-state index in [2.05, 4.69) is 11.1 Å². The van der Waals surface area contributed by atoms with Gasteiger partial charge in [0.05, 0.1) is 34.7 Å². The van der Waals surface area contributed by atoms with Crippen molar-refractivity contribution in [1.82, 2.24) is 4.98 Å². The van der Waals surface area contributed by atoms with Crippen molar-refractivity contribution in [3.05, 3.63) is 34.3 Å². The number of aliphatic hydroxyl groups excluding tert-OH is 2.